The minimum Gasteiger partial charge on any atom is -0.364 e. The molecule has 5 N–H and O–H groups in total. The van der Waals surface area contributed by atoms with Crippen molar-refractivity contribution >= 4 is 34.2 Å². The Bertz CT molecular complexity index is 1010. The van der Waals surface area contributed by atoms with Crippen LogP contribution in [0, 0.1) is 6.92 Å². The third-order valence-electron chi connectivity index (χ3n) is 3.79. The van der Waals surface area contributed by atoms with Crippen LogP contribution in [0.3, 0.4) is 0 Å². The molecule has 0 bridgehead atoms. The lowest BCUT2D eigenvalue weighted by atomic mass is 10.1. The summed E-state index contributed by atoms with van der Waals surface area (Å²) >= 11 is 1.24. The van der Waals surface area contributed by atoms with E-state index in [1.807, 2.05) is 19.1 Å². The van der Waals surface area contributed by atoms with Crippen LogP contribution in [0.1, 0.15) is 26.4 Å². The van der Waals surface area contributed by atoms with Crippen molar-refractivity contribution in [3.05, 3.63) is 58.7 Å². The summed E-state index contributed by atoms with van der Waals surface area (Å²) < 4.78 is 0. The molecule has 0 aliphatic rings. The average molecular weight is 383 g/mol. The molecular formula is C18H17N5O3S. The van der Waals surface area contributed by atoms with Gasteiger partial charge in [-0.05, 0) is 24.6 Å². The quantitative estimate of drug-likeness (QED) is 0.518. The molecular weight excluding hydrogens is 366 g/mol. The molecule has 9 heteroatoms. The fraction of sp³-hybridized carbons (Fsp3) is 0.111. The van der Waals surface area contributed by atoms with E-state index in [0.29, 0.717) is 22.0 Å². The first-order chi connectivity index (χ1) is 12.9. The van der Waals surface area contributed by atoms with Gasteiger partial charge in [0.25, 0.3) is 11.8 Å². The number of hydrogen-bond acceptors (Lipinski definition) is 5. The molecule has 0 aliphatic heterocycles. The zero-order valence-corrected chi connectivity index (χ0v) is 15.2. The van der Waals surface area contributed by atoms with Gasteiger partial charge in [-0.25, -0.2) is 4.98 Å². The number of carbonyl (C=O) groups is 3. The van der Waals surface area contributed by atoms with Gasteiger partial charge in [0.15, 0.2) is 5.13 Å². The first-order valence-corrected chi connectivity index (χ1v) is 8.90. The summed E-state index contributed by atoms with van der Waals surface area (Å²) in [6, 6.07) is 8.73. The van der Waals surface area contributed by atoms with Crippen LogP contribution in [0.2, 0.25) is 0 Å². The molecule has 0 spiro atoms. The third-order valence-corrected chi connectivity index (χ3v) is 4.55. The number of benzene rings is 1. The van der Waals surface area contributed by atoms with Crippen LogP contribution < -0.4 is 16.4 Å². The molecule has 8 nitrogen and oxygen atoms in total. The van der Waals surface area contributed by atoms with Crippen molar-refractivity contribution in [3.8, 4) is 11.3 Å². The van der Waals surface area contributed by atoms with Crippen LogP contribution in [0.15, 0.2) is 41.9 Å². The standard InChI is InChI=1S/C18H17N5O3S/c1-10-4-2-3-5-12(10)17(26)21-8-15(24)23-18-22-14(9-27-18)11-6-13(16(19)25)20-7-11/h2-7,9,20H,8H2,1H3,(H2,19,25)(H,21,26)(H,22,23,24). The van der Waals surface area contributed by atoms with Crippen molar-refractivity contribution in [1.29, 1.82) is 0 Å². The number of aryl methyl sites for hydroxylation is 1. The summed E-state index contributed by atoms with van der Waals surface area (Å²) in [6.07, 6.45) is 1.61. The van der Waals surface area contributed by atoms with Crippen LogP contribution in [0.5, 0.6) is 0 Å². The molecule has 3 rings (SSSR count). The van der Waals surface area contributed by atoms with Crippen LogP contribution in [-0.4, -0.2) is 34.2 Å². The lowest BCUT2D eigenvalue weighted by molar-refractivity contribution is -0.115. The topological polar surface area (TPSA) is 130 Å². The van der Waals surface area contributed by atoms with Crippen molar-refractivity contribution < 1.29 is 14.4 Å². The zero-order valence-electron chi connectivity index (χ0n) is 14.4. The van der Waals surface area contributed by atoms with E-state index >= 15 is 0 Å². The van der Waals surface area contributed by atoms with Gasteiger partial charge >= 0.3 is 0 Å². The Morgan fingerprint density at radius 1 is 1.26 bits per heavy atom. The van der Waals surface area contributed by atoms with Crippen molar-refractivity contribution in [1.82, 2.24) is 15.3 Å². The van der Waals surface area contributed by atoms with Gasteiger partial charge in [-0.1, -0.05) is 18.2 Å². The Morgan fingerprint density at radius 2 is 2.04 bits per heavy atom. The molecule has 0 saturated carbocycles. The Balaban J connectivity index is 1.57. The summed E-state index contributed by atoms with van der Waals surface area (Å²) in [5, 5.41) is 7.35. The number of carbonyl (C=O) groups excluding carboxylic acids is 3. The maximum Gasteiger partial charge on any atom is 0.265 e. The van der Waals surface area contributed by atoms with Gasteiger partial charge in [-0.3, -0.25) is 14.4 Å². The molecule has 2 heterocycles. The highest BCUT2D eigenvalue weighted by molar-refractivity contribution is 7.14. The highest BCUT2D eigenvalue weighted by atomic mass is 32.1. The molecule has 0 unspecified atom stereocenters. The summed E-state index contributed by atoms with van der Waals surface area (Å²) in [5.74, 6) is -1.26. The second-order valence-corrected chi connectivity index (χ2v) is 6.61. The second-order valence-electron chi connectivity index (χ2n) is 5.75. The number of amides is 3. The molecule has 0 saturated heterocycles. The Kier molecular flexibility index (Phi) is 5.32. The number of nitrogens with two attached hydrogens (primary N) is 1. The highest BCUT2D eigenvalue weighted by Crippen LogP contribution is 2.25. The number of aromatic amines is 1. The molecule has 1 aromatic carbocycles. The third kappa shape index (κ3) is 4.39. The Hall–Kier alpha value is -3.46. The minimum absolute atomic E-state index is 0.169. The SMILES string of the molecule is Cc1ccccc1C(=O)NCC(=O)Nc1nc(-c2c[nH]c(C(N)=O)c2)cs1. The number of anilines is 1. The number of hydrogen-bond donors (Lipinski definition) is 4. The van der Waals surface area contributed by atoms with Gasteiger partial charge in [0, 0.05) is 22.7 Å². The predicted octanol–water partition coefficient (Wildman–Crippen LogP) is 1.91. The van der Waals surface area contributed by atoms with Crippen LogP contribution in [-0.2, 0) is 4.79 Å². The maximum absolute atomic E-state index is 12.1. The van der Waals surface area contributed by atoms with Crippen LogP contribution in [0.25, 0.3) is 11.3 Å². The van der Waals surface area contributed by atoms with Gasteiger partial charge in [0.05, 0.1) is 12.2 Å². The summed E-state index contributed by atoms with van der Waals surface area (Å²) in [6.45, 7) is 1.66. The van der Waals surface area contributed by atoms with Gasteiger partial charge in [-0.2, -0.15) is 0 Å². The van der Waals surface area contributed by atoms with Gasteiger partial charge in [0.2, 0.25) is 5.91 Å². The van der Waals surface area contributed by atoms with E-state index in [1.165, 1.54) is 11.3 Å². The number of H-pyrrole nitrogens is 1. The first kappa shape index (κ1) is 18.3. The number of thiazole rings is 1. The average Bonchev–Trinajstić information content (AvgIpc) is 3.29. The molecule has 2 aromatic heterocycles. The molecule has 27 heavy (non-hydrogen) atoms. The number of primary amides is 1. The molecule has 0 fully saturated rings. The van der Waals surface area contributed by atoms with Crippen molar-refractivity contribution in [2.45, 2.75) is 6.92 Å². The Labute approximate surface area is 158 Å². The van der Waals surface area contributed by atoms with E-state index in [0.717, 1.165) is 5.56 Å². The molecule has 3 aromatic rings. The van der Waals surface area contributed by atoms with E-state index in [1.54, 1.807) is 29.8 Å². The number of rotatable bonds is 6. The van der Waals surface area contributed by atoms with E-state index in [9.17, 15) is 14.4 Å². The maximum atomic E-state index is 12.1. The lowest BCUT2D eigenvalue weighted by Crippen LogP contribution is -2.33. The monoisotopic (exact) mass is 383 g/mol. The molecule has 0 aliphatic carbocycles. The summed E-state index contributed by atoms with van der Waals surface area (Å²) in [5.41, 5.74) is 8.14. The molecule has 0 radical (unpaired) electrons. The fourth-order valence-electron chi connectivity index (χ4n) is 2.40. The summed E-state index contributed by atoms with van der Waals surface area (Å²) in [4.78, 5) is 42.4. The van der Waals surface area contributed by atoms with E-state index in [2.05, 4.69) is 20.6 Å². The van der Waals surface area contributed by atoms with Crippen LogP contribution in [0.4, 0.5) is 5.13 Å². The van der Waals surface area contributed by atoms with E-state index in [4.69, 9.17) is 5.73 Å². The van der Waals surface area contributed by atoms with Crippen molar-refractivity contribution in [3.63, 3.8) is 0 Å². The largest absolute Gasteiger partial charge is 0.364 e. The highest BCUT2D eigenvalue weighted by Gasteiger charge is 2.13. The van der Waals surface area contributed by atoms with Gasteiger partial charge < -0.3 is 21.4 Å². The van der Waals surface area contributed by atoms with E-state index < -0.39 is 5.91 Å². The number of nitrogens with zero attached hydrogens (tertiary/aromatic N) is 1. The second kappa shape index (κ2) is 7.83. The van der Waals surface area contributed by atoms with Crippen molar-refractivity contribution in [2.75, 3.05) is 11.9 Å². The predicted molar refractivity (Wildman–Crippen MR) is 103 cm³/mol. The minimum atomic E-state index is -0.561. The van der Waals surface area contributed by atoms with Gasteiger partial charge in [0.1, 0.15) is 5.69 Å². The van der Waals surface area contributed by atoms with Crippen molar-refractivity contribution in [2.24, 2.45) is 5.73 Å². The smallest absolute Gasteiger partial charge is 0.265 e. The zero-order chi connectivity index (χ0) is 19.4. The lowest BCUT2D eigenvalue weighted by Gasteiger charge is -2.07. The molecule has 0 atom stereocenters. The van der Waals surface area contributed by atoms with Crippen LogP contribution >= 0.6 is 11.3 Å². The molecule has 138 valence electrons. The Morgan fingerprint density at radius 3 is 2.74 bits per heavy atom. The van der Waals surface area contributed by atoms with E-state index in [-0.39, 0.29) is 24.1 Å². The number of nitrogens with one attached hydrogen (secondary N) is 3. The molecule has 3 amide bonds. The normalized spacial score (nSPS) is 10.4. The number of aromatic nitrogens is 2. The fourth-order valence-corrected chi connectivity index (χ4v) is 3.13. The first-order valence-electron chi connectivity index (χ1n) is 8.02. The summed E-state index contributed by atoms with van der Waals surface area (Å²) in [7, 11) is 0. The van der Waals surface area contributed by atoms with Gasteiger partial charge in [-0.15, -0.1) is 11.3 Å².